The molecule has 2 heterocycles. The Balaban J connectivity index is 1.41. The third-order valence-electron chi connectivity index (χ3n) is 8.89. The van der Waals surface area contributed by atoms with E-state index >= 15 is 0 Å². The van der Waals surface area contributed by atoms with E-state index in [1.54, 1.807) is 0 Å². The number of rotatable bonds is 4. The van der Waals surface area contributed by atoms with Crippen molar-refractivity contribution in [3.05, 3.63) is 170 Å². The van der Waals surface area contributed by atoms with E-state index in [2.05, 4.69) is 179 Å². The minimum absolute atomic E-state index is 1.16. The van der Waals surface area contributed by atoms with E-state index in [1.807, 2.05) is 0 Å². The van der Waals surface area contributed by atoms with Crippen LogP contribution in [-0.2, 0) is 0 Å². The van der Waals surface area contributed by atoms with Gasteiger partial charge >= 0.3 is 0 Å². The fourth-order valence-electron chi connectivity index (χ4n) is 6.96. The zero-order valence-corrected chi connectivity index (χ0v) is 24.1. The molecule has 0 aliphatic carbocycles. The molecule has 9 rings (SSSR count). The van der Waals surface area contributed by atoms with E-state index in [0.29, 0.717) is 0 Å². The highest BCUT2D eigenvalue weighted by molar-refractivity contribution is 6.20. The summed E-state index contributed by atoms with van der Waals surface area (Å²) < 4.78 is 4.89. The molecule has 0 saturated heterocycles. The van der Waals surface area contributed by atoms with Crippen LogP contribution in [0.5, 0.6) is 0 Å². The molecule has 0 radical (unpaired) electrons. The number of hydrogen-bond donors (Lipinski definition) is 0. The average Bonchev–Trinajstić information content (AvgIpc) is 3.60. The van der Waals surface area contributed by atoms with E-state index < -0.39 is 0 Å². The topological polar surface area (TPSA) is 9.86 Å². The molecule has 0 spiro atoms. The molecule has 206 valence electrons. The number of fused-ring (bicyclic) bond motifs is 6. The Bertz CT molecular complexity index is 2470. The van der Waals surface area contributed by atoms with E-state index in [-0.39, 0.29) is 0 Å². The van der Waals surface area contributed by atoms with Crippen LogP contribution in [0.25, 0.3) is 77.2 Å². The predicted molar refractivity (Wildman–Crippen MR) is 186 cm³/mol. The van der Waals surface area contributed by atoms with Crippen LogP contribution in [0.1, 0.15) is 0 Å². The Morgan fingerprint density at radius 1 is 0.295 bits per heavy atom. The summed E-state index contributed by atoms with van der Waals surface area (Å²) in [6.45, 7) is 0. The summed E-state index contributed by atoms with van der Waals surface area (Å²) in [6, 6.07) is 61.4. The Morgan fingerprint density at radius 2 is 0.841 bits per heavy atom. The second kappa shape index (κ2) is 9.86. The van der Waals surface area contributed by atoms with Gasteiger partial charge in [0.25, 0.3) is 0 Å². The van der Waals surface area contributed by atoms with Gasteiger partial charge in [-0.1, -0.05) is 127 Å². The van der Waals surface area contributed by atoms with Crippen molar-refractivity contribution < 1.29 is 0 Å². The van der Waals surface area contributed by atoms with Gasteiger partial charge in [-0.05, 0) is 59.2 Å². The zero-order chi connectivity index (χ0) is 29.0. The van der Waals surface area contributed by atoms with E-state index in [4.69, 9.17) is 0 Å². The van der Waals surface area contributed by atoms with Crippen LogP contribution in [-0.4, -0.2) is 9.13 Å². The lowest BCUT2D eigenvalue weighted by atomic mass is 10.0. The second-order valence-corrected chi connectivity index (χ2v) is 11.4. The Hall–Kier alpha value is -5.86. The van der Waals surface area contributed by atoms with Crippen molar-refractivity contribution in [1.29, 1.82) is 0 Å². The molecule has 0 unspecified atom stereocenters. The molecule has 2 nitrogen and oxygen atoms in total. The Labute approximate surface area is 255 Å². The number of nitrogens with zero attached hydrogens (tertiary/aromatic N) is 2. The van der Waals surface area contributed by atoms with Crippen molar-refractivity contribution in [3.63, 3.8) is 0 Å². The third kappa shape index (κ3) is 3.75. The van der Waals surface area contributed by atoms with Crippen molar-refractivity contribution in [3.8, 4) is 33.6 Å². The minimum atomic E-state index is 1.16. The maximum Gasteiger partial charge on any atom is 0.0619 e. The average molecular weight is 561 g/mol. The van der Waals surface area contributed by atoms with Gasteiger partial charge in [-0.3, -0.25) is 0 Å². The van der Waals surface area contributed by atoms with Crippen molar-refractivity contribution >= 4 is 43.6 Å². The third-order valence-corrected chi connectivity index (χ3v) is 8.89. The van der Waals surface area contributed by atoms with Gasteiger partial charge < -0.3 is 9.13 Å². The molecule has 0 bridgehead atoms. The first kappa shape index (κ1) is 24.7. The number of aromatic nitrogens is 2. The molecule has 9 aromatic rings. The molecule has 0 atom stereocenters. The Kier molecular flexibility index (Phi) is 5.54. The summed E-state index contributed by atoms with van der Waals surface area (Å²) in [5, 5.41) is 5.00. The first-order valence-electron chi connectivity index (χ1n) is 15.1. The fourth-order valence-corrected chi connectivity index (χ4v) is 6.96. The van der Waals surface area contributed by atoms with Crippen molar-refractivity contribution in [1.82, 2.24) is 9.13 Å². The molecule has 44 heavy (non-hydrogen) atoms. The lowest BCUT2D eigenvalue weighted by Crippen LogP contribution is -1.96. The van der Waals surface area contributed by atoms with E-state index in [1.165, 1.54) is 65.9 Å². The first-order valence-corrected chi connectivity index (χ1v) is 15.1. The van der Waals surface area contributed by atoms with Crippen LogP contribution in [0.15, 0.2) is 170 Å². The Morgan fingerprint density at radius 3 is 1.61 bits per heavy atom. The van der Waals surface area contributed by atoms with Crippen molar-refractivity contribution in [2.75, 3.05) is 0 Å². The standard InChI is InChI=1S/C42H28N2/c1-4-14-29(15-5-1)31-18-12-21-33(26-31)43-39-25-11-10-22-35(39)37-27-41-38(28-40(37)43)36-24-13-23-34(30-16-6-2-7-17-30)42(36)44(41)32-19-8-3-9-20-32/h1-28H. The first-order chi connectivity index (χ1) is 21.8. The summed E-state index contributed by atoms with van der Waals surface area (Å²) in [6.07, 6.45) is 0. The summed E-state index contributed by atoms with van der Waals surface area (Å²) in [5.41, 5.74) is 12.1. The highest BCUT2D eigenvalue weighted by Gasteiger charge is 2.20. The van der Waals surface area contributed by atoms with Crippen LogP contribution < -0.4 is 0 Å². The lowest BCUT2D eigenvalue weighted by Gasteiger charge is -2.12. The predicted octanol–water partition coefficient (Wildman–Crippen LogP) is 11.2. The highest BCUT2D eigenvalue weighted by atomic mass is 15.0. The van der Waals surface area contributed by atoms with Gasteiger partial charge in [-0.15, -0.1) is 0 Å². The van der Waals surface area contributed by atoms with Gasteiger partial charge in [0.1, 0.15) is 0 Å². The van der Waals surface area contributed by atoms with Gasteiger partial charge in [0.05, 0.1) is 22.1 Å². The molecule has 0 aliphatic rings. The van der Waals surface area contributed by atoms with Gasteiger partial charge in [-0.2, -0.15) is 0 Å². The molecule has 2 heteroatoms. The zero-order valence-electron chi connectivity index (χ0n) is 24.1. The van der Waals surface area contributed by atoms with Gasteiger partial charge in [0.2, 0.25) is 0 Å². The quantitative estimate of drug-likeness (QED) is 0.203. The lowest BCUT2D eigenvalue weighted by molar-refractivity contribution is 1.17. The molecule has 0 fully saturated rings. The molecule has 0 saturated carbocycles. The number of hydrogen-bond acceptors (Lipinski definition) is 0. The summed E-state index contributed by atoms with van der Waals surface area (Å²) in [5.74, 6) is 0. The van der Waals surface area contributed by atoms with Crippen LogP contribution in [0.2, 0.25) is 0 Å². The SMILES string of the molecule is c1ccc(-c2cccc(-n3c4ccccc4c4cc5c(cc43)c3cccc(-c4ccccc4)c3n5-c3ccccc3)c2)cc1. The molecule has 0 N–H and O–H groups in total. The van der Waals surface area contributed by atoms with Gasteiger partial charge in [0, 0.05) is 38.5 Å². The maximum atomic E-state index is 2.45. The molecular weight excluding hydrogens is 532 g/mol. The van der Waals surface area contributed by atoms with Gasteiger partial charge in [-0.25, -0.2) is 0 Å². The van der Waals surface area contributed by atoms with Crippen LogP contribution in [0.3, 0.4) is 0 Å². The highest BCUT2D eigenvalue weighted by Crippen LogP contribution is 2.42. The second-order valence-electron chi connectivity index (χ2n) is 11.4. The molecule has 0 aliphatic heterocycles. The largest absolute Gasteiger partial charge is 0.309 e. The van der Waals surface area contributed by atoms with Gasteiger partial charge in [0.15, 0.2) is 0 Å². The number of para-hydroxylation sites is 3. The summed E-state index contributed by atoms with van der Waals surface area (Å²) >= 11 is 0. The number of benzene rings is 7. The molecule has 7 aromatic carbocycles. The van der Waals surface area contributed by atoms with Crippen molar-refractivity contribution in [2.45, 2.75) is 0 Å². The maximum absolute atomic E-state index is 2.45. The van der Waals surface area contributed by atoms with Crippen molar-refractivity contribution in [2.24, 2.45) is 0 Å². The van der Waals surface area contributed by atoms with Crippen LogP contribution in [0.4, 0.5) is 0 Å². The summed E-state index contributed by atoms with van der Waals surface area (Å²) in [7, 11) is 0. The van der Waals surface area contributed by atoms with Crippen LogP contribution in [0, 0.1) is 0 Å². The minimum Gasteiger partial charge on any atom is -0.309 e. The van der Waals surface area contributed by atoms with Crippen LogP contribution >= 0.6 is 0 Å². The van der Waals surface area contributed by atoms with E-state index in [9.17, 15) is 0 Å². The molecule has 2 aromatic heterocycles. The summed E-state index contributed by atoms with van der Waals surface area (Å²) in [4.78, 5) is 0. The molecule has 0 amide bonds. The normalized spacial score (nSPS) is 11.6. The smallest absolute Gasteiger partial charge is 0.0619 e. The van der Waals surface area contributed by atoms with E-state index in [0.717, 1.165) is 11.4 Å². The monoisotopic (exact) mass is 560 g/mol. The molecular formula is C42H28N2. The fraction of sp³-hybridized carbons (Fsp3) is 0.